The fourth-order valence-electron chi connectivity index (χ4n) is 3.87. The van der Waals surface area contributed by atoms with Crippen LogP contribution >= 0.6 is 34.8 Å². The van der Waals surface area contributed by atoms with Gasteiger partial charge in [-0.25, -0.2) is 8.42 Å². The summed E-state index contributed by atoms with van der Waals surface area (Å²) in [4.78, 5) is 28.0. The van der Waals surface area contributed by atoms with Crippen molar-refractivity contribution in [2.24, 2.45) is 0 Å². The predicted molar refractivity (Wildman–Crippen MR) is 152 cm³/mol. The highest BCUT2D eigenvalue weighted by Gasteiger charge is 2.29. The Morgan fingerprint density at radius 1 is 0.973 bits per heavy atom. The maximum Gasteiger partial charge on any atom is 0.242 e. The molecule has 0 radical (unpaired) electrons. The summed E-state index contributed by atoms with van der Waals surface area (Å²) in [5, 5.41) is 4.28. The molecule has 0 bridgehead atoms. The molecule has 2 rings (SSSR count). The van der Waals surface area contributed by atoms with Crippen molar-refractivity contribution in [2.45, 2.75) is 58.5 Å². The monoisotopic (exact) mass is 589 g/mol. The smallest absolute Gasteiger partial charge is 0.242 e. The topological polar surface area (TPSA) is 86.8 Å². The van der Waals surface area contributed by atoms with Gasteiger partial charge in [0.2, 0.25) is 21.8 Å². The molecular formula is C26H34Cl3N3O4S. The van der Waals surface area contributed by atoms with E-state index in [1.165, 1.54) is 9.21 Å². The molecule has 0 aliphatic rings. The van der Waals surface area contributed by atoms with Gasteiger partial charge in [-0.1, -0.05) is 61.1 Å². The van der Waals surface area contributed by atoms with Gasteiger partial charge in [-0.3, -0.25) is 13.9 Å². The summed E-state index contributed by atoms with van der Waals surface area (Å²) in [6.07, 6.45) is 3.60. The van der Waals surface area contributed by atoms with Crippen molar-refractivity contribution in [3.63, 3.8) is 0 Å². The molecule has 0 saturated heterocycles. The van der Waals surface area contributed by atoms with Crippen LogP contribution in [-0.2, 0) is 26.2 Å². The van der Waals surface area contributed by atoms with E-state index in [1.54, 1.807) is 42.5 Å². The maximum atomic E-state index is 13.5. The van der Waals surface area contributed by atoms with E-state index in [1.807, 2.05) is 13.8 Å². The minimum absolute atomic E-state index is 0.0452. The quantitative estimate of drug-likeness (QED) is 0.277. The molecule has 0 saturated carbocycles. The number of unbranched alkanes of at least 4 members (excludes halogenated alkanes) is 1. The van der Waals surface area contributed by atoms with Crippen LogP contribution in [0.15, 0.2) is 42.5 Å². The first-order valence-corrected chi connectivity index (χ1v) is 15.2. The van der Waals surface area contributed by atoms with Crippen molar-refractivity contribution in [3.05, 3.63) is 63.1 Å². The number of sulfonamides is 1. The van der Waals surface area contributed by atoms with Crippen LogP contribution in [0.5, 0.6) is 0 Å². The lowest BCUT2D eigenvalue weighted by Crippen LogP contribution is -2.49. The zero-order valence-corrected chi connectivity index (χ0v) is 24.4. The molecule has 0 fully saturated rings. The summed E-state index contributed by atoms with van der Waals surface area (Å²) in [7, 11) is -3.58. The minimum atomic E-state index is -3.58. The third-order valence-corrected chi connectivity index (χ3v) is 7.87. The van der Waals surface area contributed by atoms with Crippen molar-refractivity contribution in [2.75, 3.05) is 23.7 Å². The molecule has 37 heavy (non-hydrogen) atoms. The van der Waals surface area contributed by atoms with Gasteiger partial charge in [-0.05, 0) is 61.2 Å². The largest absolute Gasteiger partial charge is 0.354 e. The molecule has 2 aromatic carbocycles. The van der Waals surface area contributed by atoms with Gasteiger partial charge in [-0.15, -0.1) is 0 Å². The summed E-state index contributed by atoms with van der Waals surface area (Å²) >= 11 is 18.3. The second-order valence-corrected chi connectivity index (χ2v) is 11.9. The van der Waals surface area contributed by atoms with E-state index < -0.39 is 16.1 Å². The molecule has 0 heterocycles. The van der Waals surface area contributed by atoms with E-state index in [9.17, 15) is 18.0 Å². The van der Waals surface area contributed by atoms with E-state index in [2.05, 4.69) is 5.32 Å². The number of benzene rings is 2. The Hall–Kier alpha value is -2.00. The zero-order chi connectivity index (χ0) is 27.6. The zero-order valence-electron chi connectivity index (χ0n) is 21.3. The van der Waals surface area contributed by atoms with Crippen molar-refractivity contribution in [3.8, 4) is 0 Å². The molecule has 11 heteroatoms. The molecule has 0 aromatic heterocycles. The Bertz CT molecular complexity index is 1160. The summed E-state index contributed by atoms with van der Waals surface area (Å²) in [6.45, 7) is 4.63. The first kappa shape index (κ1) is 31.2. The molecule has 2 aromatic rings. The van der Waals surface area contributed by atoms with Crippen LogP contribution in [0.1, 0.15) is 51.5 Å². The Balaban J connectivity index is 2.22. The number of anilines is 1. The molecule has 2 amide bonds. The van der Waals surface area contributed by atoms with E-state index >= 15 is 0 Å². The average molecular weight is 591 g/mol. The Morgan fingerprint density at radius 2 is 1.62 bits per heavy atom. The molecule has 1 N–H and O–H groups in total. The van der Waals surface area contributed by atoms with Gasteiger partial charge in [0.15, 0.2) is 0 Å². The molecule has 0 unspecified atom stereocenters. The number of amides is 2. The van der Waals surface area contributed by atoms with Crippen LogP contribution < -0.4 is 9.62 Å². The van der Waals surface area contributed by atoms with Crippen LogP contribution in [0.25, 0.3) is 0 Å². The van der Waals surface area contributed by atoms with E-state index in [-0.39, 0.29) is 37.7 Å². The summed E-state index contributed by atoms with van der Waals surface area (Å²) in [6, 6.07) is 10.8. The highest BCUT2D eigenvalue weighted by Crippen LogP contribution is 2.25. The normalized spacial score (nSPS) is 12.2. The molecule has 7 nitrogen and oxygen atoms in total. The maximum absolute atomic E-state index is 13.5. The summed E-state index contributed by atoms with van der Waals surface area (Å²) < 4.78 is 26.1. The van der Waals surface area contributed by atoms with Gasteiger partial charge in [0.1, 0.15) is 6.04 Å². The number of carbonyl (C=O) groups is 2. The first-order chi connectivity index (χ1) is 17.5. The van der Waals surface area contributed by atoms with Crippen molar-refractivity contribution >= 4 is 62.3 Å². The second kappa shape index (κ2) is 14.8. The van der Waals surface area contributed by atoms with Gasteiger partial charge in [0.25, 0.3) is 0 Å². The molecule has 0 aliphatic heterocycles. The lowest BCUT2D eigenvalue weighted by atomic mass is 10.1. The van der Waals surface area contributed by atoms with Crippen molar-refractivity contribution in [1.29, 1.82) is 0 Å². The Kier molecular flexibility index (Phi) is 12.5. The molecular weight excluding hydrogens is 557 g/mol. The van der Waals surface area contributed by atoms with E-state index in [4.69, 9.17) is 34.8 Å². The van der Waals surface area contributed by atoms with Crippen molar-refractivity contribution in [1.82, 2.24) is 10.2 Å². The number of carbonyl (C=O) groups excluding carboxylic acids is 2. The highest BCUT2D eigenvalue weighted by atomic mass is 35.5. The van der Waals surface area contributed by atoms with Crippen LogP contribution in [-0.4, -0.2) is 50.5 Å². The standard InChI is InChI=1S/C26H34Cl3N3O4S/c1-4-6-15-30-26(34)24(5-2)31(18-19-9-10-21(28)17-23(19)29)25(33)8-7-16-32(37(3,35)36)22-13-11-20(27)12-14-22/h9-14,17,24H,4-8,15-16,18H2,1-3H3,(H,30,34)/t24-/m1/s1. The van der Waals surface area contributed by atoms with Gasteiger partial charge in [0.05, 0.1) is 11.9 Å². The SMILES string of the molecule is CCCCNC(=O)[C@@H](CC)N(Cc1ccc(Cl)cc1Cl)C(=O)CCCN(c1ccc(Cl)cc1)S(C)(=O)=O. The number of nitrogens with zero attached hydrogens (tertiary/aromatic N) is 2. The minimum Gasteiger partial charge on any atom is -0.354 e. The third kappa shape index (κ3) is 9.67. The third-order valence-electron chi connectivity index (χ3n) is 5.84. The Labute approximate surface area is 235 Å². The highest BCUT2D eigenvalue weighted by molar-refractivity contribution is 7.92. The fraction of sp³-hybridized carbons (Fsp3) is 0.462. The number of hydrogen-bond donors (Lipinski definition) is 1. The van der Waals surface area contributed by atoms with E-state index in [0.29, 0.717) is 39.3 Å². The molecule has 204 valence electrons. The molecule has 1 atom stereocenters. The van der Waals surface area contributed by atoms with Gasteiger partial charge >= 0.3 is 0 Å². The van der Waals surface area contributed by atoms with Crippen LogP contribution in [0, 0.1) is 0 Å². The first-order valence-electron chi connectivity index (χ1n) is 12.2. The fourth-order valence-corrected chi connectivity index (χ4v) is 5.43. The lowest BCUT2D eigenvalue weighted by molar-refractivity contribution is -0.141. The van der Waals surface area contributed by atoms with Crippen molar-refractivity contribution < 1.29 is 18.0 Å². The predicted octanol–water partition coefficient (Wildman–Crippen LogP) is 5.92. The van der Waals surface area contributed by atoms with Crippen LogP contribution in [0.2, 0.25) is 15.1 Å². The average Bonchev–Trinajstić information content (AvgIpc) is 2.83. The number of rotatable bonds is 14. The van der Waals surface area contributed by atoms with Crippen LogP contribution in [0.4, 0.5) is 5.69 Å². The summed E-state index contributed by atoms with van der Waals surface area (Å²) in [5.41, 5.74) is 1.13. The lowest BCUT2D eigenvalue weighted by Gasteiger charge is -2.31. The summed E-state index contributed by atoms with van der Waals surface area (Å²) in [5.74, 6) is -0.499. The van der Waals surface area contributed by atoms with E-state index in [0.717, 1.165) is 19.1 Å². The molecule has 0 spiro atoms. The number of hydrogen-bond acceptors (Lipinski definition) is 4. The van der Waals surface area contributed by atoms with Crippen LogP contribution in [0.3, 0.4) is 0 Å². The van der Waals surface area contributed by atoms with Gasteiger partial charge in [-0.2, -0.15) is 0 Å². The number of nitrogens with one attached hydrogen (secondary N) is 1. The Morgan fingerprint density at radius 3 is 2.19 bits per heavy atom. The second-order valence-electron chi connectivity index (χ2n) is 8.74. The number of halogens is 3. The molecule has 0 aliphatic carbocycles. The van der Waals surface area contributed by atoms with Gasteiger partial charge in [0, 0.05) is 41.1 Å². The van der Waals surface area contributed by atoms with Gasteiger partial charge < -0.3 is 10.2 Å².